The molecule has 0 aliphatic rings. The van der Waals surface area contributed by atoms with E-state index in [4.69, 9.17) is 22.7 Å². The van der Waals surface area contributed by atoms with Crippen LogP contribution in [0.3, 0.4) is 0 Å². The SMILES string of the molecule is N/C(=C\C(=[NH2+])c1ccccc1C(=O)N[C@@H](CO)Cc1ccccn1)c1ccc(Cl)cc1. The van der Waals surface area contributed by atoms with E-state index in [1.54, 1.807) is 60.8 Å². The lowest BCUT2D eigenvalue weighted by molar-refractivity contribution is -0.111. The molecule has 0 spiro atoms. The molecule has 1 aromatic heterocycles. The van der Waals surface area contributed by atoms with E-state index in [1.165, 1.54) is 0 Å². The van der Waals surface area contributed by atoms with Crippen LogP contribution < -0.4 is 16.5 Å². The molecular weight excluding hydrogens is 412 g/mol. The van der Waals surface area contributed by atoms with Gasteiger partial charge < -0.3 is 16.2 Å². The molecule has 7 heteroatoms. The molecule has 0 radical (unpaired) electrons. The number of benzene rings is 2. The van der Waals surface area contributed by atoms with Gasteiger partial charge in [-0.25, -0.2) is 0 Å². The van der Waals surface area contributed by atoms with Crippen molar-refractivity contribution in [3.63, 3.8) is 0 Å². The van der Waals surface area contributed by atoms with Crippen molar-refractivity contribution in [3.05, 3.63) is 106 Å². The molecule has 3 aromatic rings. The smallest absolute Gasteiger partial charge is 0.252 e. The molecule has 1 amide bonds. The highest BCUT2D eigenvalue weighted by atomic mass is 35.5. The monoisotopic (exact) mass is 435 g/mol. The van der Waals surface area contributed by atoms with E-state index >= 15 is 0 Å². The second-order valence-electron chi connectivity index (χ2n) is 6.99. The zero-order chi connectivity index (χ0) is 22.2. The Labute approximate surface area is 185 Å². The summed E-state index contributed by atoms with van der Waals surface area (Å²) in [5, 5.41) is 19.5. The molecule has 6 N–H and O–H groups in total. The molecule has 31 heavy (non-hydrogen) atoms. The van der Waals surface area contributed by atoms with Crippen molar-refractivity contribution in [1.29, 1.82) is 0 Å². The fraction of sp³-hybridized carbons (Fsp3) is 0.125. The first kappa shape index (κ1) is 22.2. The number of hydrogen-bond acceptors (Lipinski definition) is 4. The van der Waals surface area contributed by atoms with Crippen LogP contribution in [-0.2, 0) is 6.42 Å². The zero-order valence-electron chi connectivity index (χ0n) is 16.8. The molecule has 0 aliphatic heterocycles. The van der Waals surface area contributed by atoms with Crippen molar-refractivity contribution in [1.82, 2.24) is 10.3 Å². The maximum atomic E-state index is 12.9. The standard InChI is InChI=1S/C24H23ClN4O2/c25-17-10-8-16(9-11-17)22(26)14-23(27)20-6-1-2-7-21(20)24(31)29-19(15-30)13-18-5-3-4-12-28-18/h1-12,14,19,27,30H,13,15,26H2,(H,29,31)/p+1/b22-14-,27-23?/t19-/m1/s1. The van der Waals surface area contributed by atoms with Crippen LogP contribution in [0.4, 0.5) is 0 Å². The number of allylic oxidation sites excluding steroid dienone is 1. The minimum Gasteiger partial charge on any atom is -0.398 e. The van der Waals surface area contributed by atoms with E-state index in [0.29, 0.717) is 34.0 Å². The summed E-state index contributed by atoms with van der Waals surface area (Å²) in [5.41, 5.74) is 9.46. The van der Waals surface area contributed by atoms with Crippen LogP contribution in [0.25, 0.3) is 5.70 Å². The van der Waals surface area contributed by atoms with Gasteiger partial charge in [-0.2, -0.15) is 0 Å². The number of pyridine rings is 1. The number of hydrogen-bond donors (Lipinski definition) is 4. The molecular formula is C24H24ClN4O2+. The number of aliphatic hydroxyl groups excluding tert-OH is 1. The van der Waals surface area contributed by atoms with Crippen molar-refractivity contribution in [2.24, 2.45) is 5.73 Å². The number of nitrogens with zero attached hydrogens (tertiary/aromatic N) is 1. The van der Waals surface area contributed by atoms with Gasteiger partial charge in [-0.1, -0.05) is 41.9 Å². The van der Waals surface area contributed by atoms with Crippen molar-refractivity contribution >= 4 is 28.9 Å². The summed E-state index contributed by atoms with van der Waals surface area (Å²) < 4.78 is 0. The Hall–Kier alpha value is -3.48. The number of aliphatic hydroxyl groups is 1. The third-order valence-electron chi connectivity index (χ3n) is 4.71. The lowest BCUT2D eigenvalue weighted by Gasteiger charge is -2.17. The van der Waals surface area contributed by atoms with Crippen LogP contribution >= 0.6 is 11.6 Å². The van der Waals surface area contributed by atoms with Gasteiger partial charge in [0.05, 0.1) is 23.8 Å². The van der Waals surface area contributed by atoms with Crippen molar-refractivity contribution in [3.8, 4) is 0 Å². The maximum Gasteiger partial charge on any atom is 0.252 e. The summed E-state index contributed by atoms with van der Waals surface area (Å²) in [5.74, 6) is -0.341. The third-order valence-corrected chi connectivity index (χ3v) is 4.96. The molecule has 158 valence electrons. The van der Waals surface area contributed by atoms with Gasteiger partial charge in [0, 0.05) is 35.1 Å². The number of carbonyl (C=O) groups is 1. The molecule has 0 saturated carbocycles. The van der Waals surface area contributed by atoms with Crippen LogP contribution in [0.5, 0.6) is 0 Å². The number of aromatic nitrogens is 1. The van der Waals surface area contributed by atoms with Gasteiger partial charge in [0.25, 0.3) is 5.91 Å². The molecule has 1 heterocycles. The minimum atomic E-state index is -0.480. The van der Waals surface area contributed by atoms with Crippen molar-refractivity contribution in [2.75, 3.05) is 6.61 Å². The average Bonchev–Trinajstić information content (AvgIpc) is 2.79. The van der Waals surface area contributed by atoms with Crippen LogP contribution in [0, 0.1) is 0 Å². The van der Waals surface area contributed by atoms with Crippen LogP contribution in [0.1, 0.15) is 27.2 Å². The second-order valence-corrected chi connectivity index (χ2v) is 7.42. The Morgan fingerprint density at radius 2 is 1.77 bits per heavy atom. The predicted molar refractivity (Wildman–Crippen MR) is 122 cm³/mol. The molecule has 0 bridgehead atoms. The fourth-order valence-electron chi connectivity index (χ4n) is 3.10. The van der Waals surface area contributed by atoms with E-state index in [-0.39, 0.29) is 12.5 Å². The molecule has 0 aliphatic carbocycles. The normalized spacial score (nSPS) is 12.3. The number of carbonyl (C=O) groups excluding carboxylic acids is 1. The van der Waals surface area contributed by atoms with E-state index in [0.717, 1.165) is 11.3 Å². The second kappa shape index (κ2) is 10.5. The Balaban J connectivity index is 1.78. The van der Waals surface area contributed by atoms with Crippen LogP contribution in [-0.4, -0.2) is 34.4 Å². The van der Waals surface area contributed by atoms with E-state index in [9.17, 15) is 9.90 Å². The number of amides is 1. The minimum absolute atomic E-state index is 0.215. The summed E-state index contributed by atoms with van der Waals surface area (Å²) >= 11 is 5.92. The Bertz CT molecular complexity index is 1080. The van der Waals surface area contributed by atoms with Crippen molar-refractivity contribution < 1.29 is 15.3 Å². The molecule has 0 fully saturated rings. The molecule has 3 rings (SSSR count). The summed E-state index contributed by atoms with van der Waals surface area (Å²) in [7, 11) is 0. The number of nitrogens with two attached hydrogens (primary N) is 2. The molecule has 6 nitrogen and oxygen atoms in total. The quantitative estimate of drug-likeness (QED) is 0.402. The first-order valence-corrected chi connectivity index (χ1v) is 10.1. The highest BCUT2D eigenvalue weighted by molar-refractivity contribution is 6.30. The average molecular weight is 436 g/mol. The van der Waals surface area contributed by atoms with Gasteiger partial charge in [0.15, 0.2) is 0 Å². The molecule has 0 unspecified atom stereocenters. The maximum absolute atomic E-state index is 12.9. The van der Waals surface area contributed by atoms with Gasteiger partial charge in [-0.3, -0.25) is 15.2 Å². The molecule has 2 aromatic carbocycles. The highest BCUT2D eigenvalue weighted by Gasteiger charge is 2.20. The fourth-order valence-corrected chi connectivity index (χ4v) is 3.23. The number of nitrogens with one attached hydrogen (secondary N) is 1. The lowest BCUT2D eigenvalue weighted by atomic mass is 10.00. The summed E-state index contributed by atoms with van der Waals surface area (Å²) in [6, 6.07) is 19.1. The first-order chi connectivity index (χ1) is 15.0. The zero-order valence-corrected chi connectivity index (χ0v) is 17.6. The number of halogens is 1. The first-order valence-electron chi connectivity index (χ1n) is 9.74. The molecule has 1 atom stereocenters. The van der Waals surface area contributed by atoms with E-state index in [1.807, 2.05) is 18.2 Å². The van der Waals surface area contributed by atoms with Crippen LogP contribution in [0.2, 0.25) is 5.02 Å². The summed E-state index contributed by atoms with van der Waals surface area (Å²) in [6.45, 7) is -0.215. The van der Waals surface area contributed by atoms with Gasteiger partial charge in [0.2, 0.25) is 5.71 Å². The molecule has 0 saturated heterocycles. The third kappa shape index (κ3) is 6.01. The Morgan fingerprint density at radius 1 is 1.10 bits per heavy atom. The van der Waals surface area contributed by atoms with Gasteiger partial charge in [-0.15, -0.1) is 0 Å². The Morgan fingerprint density at radius 3 is 2.42 bits per heavy atom. The topological polar surface area (TPSA) is 114 Å². The van der Waals surface area contributed by atoms with Crippen LogP contribution in [0.15, 0.2) is 79.0 Å². The Kier molecular flexibility index (Phi) is 7.54. The summed E-state index contributed by atoms with van der Waals surface area (Å²) in [6.07, 6.45) is 3.70. The van der Waals surface area contributed by atoms with Crippen molar-refractivity contribution in [2.45, 2.75) is 12.5 Å². The van der Waals surface area contributed by atoms with Gasteiger partial charge in [0.1, 0.15) is 0 Å². The summed E-state index contributed by atoms with van der Waals surface area (Å²) in [4.78, 5) is 17.2. The largest absolute Gasteiger partial charge is 0.398 e. The van der Waals surface area contributed by atoms with E-state index < -0.39 is 6.04 Å². The van der Waals surface area contributed by atoms with Gasteiger partial charge in [-0.05, 0) is 42.0 Å². The van der Waals surface area contributed by atoms with Gasteiger partial charge >= 0.3 is 0 Å². The van der Waals surface area contributed by atoms with E-state index in [2.05, 4.69) is 10.3 Å². The number of rotatable bonds is 8. The highest BCUT2D eigenvalue weighted by Crippen LogP contribution is 2.16. The predicted octanol–water partition coefficient (Wildman–Crippen LogP) is 1.62. The lowest BCUT2D eigenvalue weighted by Crippen LogP contribution is -2.43.